The van der Waals surface area contributed by atoms with Gasteiger partial charge in [-0.3, -0.25) is 0 Å². The highest BCUT2D eigenvalue weighted by atomic mass is 16.5. The van der Waals surface area contributed by atoms with Crippen molar-refractivity contribution in [2.24, 2.45) is 0 Å². The van der Waals surface area contributed by atoms with E-state index in [1.165, 1.54) is 38.5 Å². The zero-order valence-electron chi connectivity index (χ0n) is 20.1. The Balaban J connectivity index is -0.000000513. The van der Waals surface area contributed by atoms with Crippen LogP contribution >= 0.6 is 0 Å². The summed E-state index contributed by atoms with van der Waals surface area (Å²) < 4.78 is 15.9. The van der Waals surface area contributed by atoms with Crippen molar-refractivity contribution < 1.29 is 25.5 Å². The van der Waals surface area contributed by atoms with Crippen LogP contribution in [0.2, 0.25) is 0 Å². The number of ether oxygens (including phenoxy) is 3. The van der Waals surface area contributed by atoms with Crippen molar-refractivity contribution in [3.05, 3.63) is 0 Å². The standard InChI is InChI=1S/C18H37NO5.C3H8.C2H6.H2/c1-18(21)8-6-4-2-3-5-7-9-19-10-12-22-14-16-24-17-15-23-13-11-20;1-3-2;1-2;/h19-20H,2-17H2,1H3;3H2,1-2H3;1-2H3;1H. The van der Waals surface area contributed by atoms with Crippen molar-refractivity contribution in [3.8, 4) is 0 Å². The van der Waals surface area contributed by atoms with Gasteiger partial charge in [0.25, 0.3) is 0 Å². The van der Waals surface area contributed by atoms with E-state index >= 15 is 0 Å². The molecule has 0 saturated carbocycles. The summed E-state index contributed by atoms with van der Waals surface area (Å²) in [6.45, 7) is 15.2. The van der Waals surface area contributed by atoms with Gasteiger partial charge < -0.3 is 29.4 Å². The zero-order chi connectivity index (χ0) is 22.4. The summed E-state index contributed by atoms with van der Waals surface area (Å²) in [6, 6.07) is 0. The quantitative estimate of drug-likeness (QED) is 0.278. The van der Waals surface area contributed by atoms with Gasteiger partial charge in [0.15, 0.2) is 0 Å². The highest BCUT2D eigenvalue weighted by Gasteiger charge is 1.95. The van der Waals surface area contributed by atoms with E-state index in [1.54, 1.807) is 6.92 Å². The minimum absolute atomic E-state index is 0. The van der Waals surface area contributed by atoms with E-state index < -0.39 is 0 Å². The predicted octanol–water partition coefficient (Wildman–Crippen LogP) is 4.63. The van der Waals surface area contributed by atoms with Gasteiger partial charge in [-0.05, 0) is 26.3 Å². The molecular formula is C23H53NO5. The maximum absolute atomic E-state index is 10.8. The largest absolute Gasteiger partial charge is 0.394 e. The Morgan fingerprint density at radius 1 is 0.759 bits per heavy atom. The molecule has 29 heavy (non-hydrogen) atoms. The molecule has 0 saturated heterocycles. The lowest BCUT2D eigenvalue weighted by molar-refractivity contribution is -0.117. The molecule has 180 valence electrons. The third kappa shape index (κ3) is 42.5. The first-order chi connectivity index (χ1) is 14.2. The van der Waals surface area contributed by atoms with Gasteiger partial charge in [-0.1, -0.05) is 59.8 Å². The molecule has 6 nitrogen and oxygen atoms in total. The number of hydrogen-bond acceptors (Lipinski definition) is 6. The Bertz CT molecular complexity index is 284. The van der Waals surface area contributed by atoms with Crippen LogP contribution < -0.4 is 5.32 Å². The molecule has 0 aromatic rings. The molecule has 0 heterocycles. The van der Waals surface area contributed by atoms with Crippen LogP contribution in [0.15, 0.2) is 0 Å². The van der Waals surface area contributed by atoms with Crippen molar-refractivity contribution in [3.63, 3.8) is 0 Å². The number of nitrogens with one attached hydrogen (secondary N) is 1. The lowest BCUT2D eigenvalue weighted by Crippen LogP contribution is -2.21. The number of carbonyl (C=O) groups is 1. The average molecular weight is 424 g/mol. The highest BCUT2D eigenvalue weighted by Crippen LogP contribution is 2.06. The Morgan fingerprint density at radius 2 is 1.21 bits per heavy atom. The Kier molecular flexibility index (Phi) is 39.9. The third-order valence-electron chi connectivity index (χ3n) is 3.54. The van der Waals surface area contributed by atoms with Gasteiger partial charge in [-0.2, -0.15) is 0 Å². The van der Waals surface area contributed by atoms with Crippen LogP contribution in [0.5, 0.6) is 0 Å². The van der Waals surface area contributed by atoms with E-state index in [0.29, 0.717) is 45.4 Å². The first-order valence-electron chi connectivity index (χ1n) is 11.7. The van der Waals surface area contributed by atoms with Gasteiger partial charge in [0.2, 0.25) is 0 Å². The summed E-state index contributed by atoms with van der Waals surface area (Å²) in [4.78, 5) is 10.8. The molecule has 0 spiro atoms. The second-order valence-electron chi connectivity index (χ2n) is 6.59. The van der Waals surface area contributed by atoms with E-state index in [2.05, 4.69) is 19.2 Å². The first kappa shape index (κ1) is 33.1. The van der Waals surface area contributed by atoms with Gasteiger partial charge in [0, 0.05) is 14.4 Å². The summed E-state index contributed by atoms with van der Waals surface area (Å²) >= 11 is 0. The number of unbranched alkanes of at least 4 members (excludes halogenated alkanes) is 5. The van der Waals surface area contributed by atoms with Crippen molar-refractivity contribution in [2.75, 3.05) is 59.3 Å². The highest BCUT2D eigenvalue weighted by molar-refractivity contribution is 5.75. The van der Waals surface area contributed by atoms with Crippen molar-refractivity contribution in [2.45, 2.75) is 86.0 Å². The lowest BCUT2D eigenvalue weighted by atomic mass is 10.1. The Labute approximate surface area is 182 Å². The zero-order valence-corrected chi connectivity index (χ0v) is 20.1. The second kappa shape index (κ2) is 34.9. The minimum atomic E-state index is 0. The van der Waals surface area contributed by atoms with Crippen molar-refractivity contribution in [1.82, 2.24) is 5.32 Å². The van der Waals surface area contributed by atoms with Gasteiger partial charge in [-0.25, -0.2) is 0 Å². The SMILES string of the molecule is CC.CC(=O)CCCCCCCCNCCOCCOCCOCCO.CCC.[HH]. The van der Waals surface area contributed by atoms with Gasteiger partial charge in [0.1, 0.15) is 5.78 Å². The minimum Gasteiger partial charge on any atom is -0.394 e. The molecule has 0 rings (SSSR count). The fourth-order valence-electron chi connectivity index (χ4n) is 2.21. The van der Waals surface area contributed by atoms with Crippen molar-refractivity contribution >= 4 is 5.78 Å². The van der Waals surface area contributed by atoms with E-state index in [1.807, 2.05) is 13.8 Å². The Hall–Kier alpha value is -0.530. The molecule has 0 radical (unpaired) electrons. The van der Waals surface area contributed by atoms with Crippen LogP contribution in [-0.2, 0) is 19.0 Å². The summed E-state index contributed by atoms with van der Waals surface area (Å²) in [5.74, 6) is 0.306. The number of ketones is 1. The molecule has 0 aliphatic rings. The van der Waals surface area contributed by atoms with Crippen LogP contribution in [0.3, 0.4) is 0 Å². The summed E-state index contributed by atoms with van der Waals surface area (Å²) in [5.41, 5.74) is 0. The summed E-state index contributed by atoms with van der Waals surface area (Å²) in [5, 5.41) is 11.9. The van der Waals surface area contributed by atoms with E-state index in [9.17, 15) is 4.79 Å². The molecule has 0 amide bonds. The number of rotatable bonds is 20. The number of carbonyl (C=O) groups excluding carboxylic acids is 1. The molecule has 6 heteroatoms. The van der Waals surface area contributed by atoms with Crippen LogP contribution in [-0.4, -0.2) is 70.2 Å². The van der Waals surface area contributed by atoms with Gasteiger partial charge in [0.05, 0.1) is 46.2 Å². The van der Waals surface area contributed by atoms with E-state index in [-0.39, 0.29) is 8.03 Å². The molecule has 0 atom stereocenters. The Morgan fingerprint density at radius 3 is 1.72 bits per heavy atom. The molecule has 0 aromatic heterocycles. The smallest absolute Gasteiger partial charge is 0.129 e. The molecule has 0 aromatic carbocycles. The van der Waals surface area contributed by atoms with E-state index in [0.717, 1.165) is 25.9 Å². The predicted molar refractivity (Wildman–Crippen MR) is 125 cm³/mol. The number of aliphatic hydroxyl groups excluding tert-OH is 1. The molecule has 2 N–H and O–H groups in total. The van der Waals surface area contributed by atoms with Crippen LogP contribution in [0, 0.1) is 0 Å². The fourth-order valence-corrected chi connectivity index (χ4v) is 2.21. The molecule has 0 aliphatic heterocycles. The lowest BCUT2D eigenvalue weighted by Gasteiger charge is -2.07. The topological polar surface area (TPSA) is 77.0 Å². The number of hydrogen-bond donors (Lipinski definition) is 2. The van der Waals surface area contributed by atoms with Crippen LogP contribution in [0.1, 0.15) is 87.4 Å². The second-order valence-corrected chi connectivity index (χ2v) is 6.59. The molecule has 0 fully saturated rings. The fraction of sp³-hybridized carbons (Fsp3) is 0.957. The maximum atomic E-state index is 10.8. The molecule has 0 unspecified atom stereocenters. The van der Waals surface area contributed by atoms with E-state index in [4.69, 9.17) is 19.3 Å². The molecular weight excluding hydrogens is 370 g/mol. The average Bonchev–Trinajstić information content (AvgIpc) is 2.71. The number of Topliss-reactive ketones (excluding diaryl/α,β-unsaturated/α-hetero) is 1. The maximum Gasteiger partial charge on any atom is 0.129 e. The van der Waals surface area contributed by atoms with Crippen LogP contribution in [0.4, 0.5) is 0 Å². The molecule has 0 aliphatic carbocycles. The molecule has 0 bridgehead atoms. The van der Waals surface area contributed by atoms with Gasteiger partial charge in [-0.15, -0.1) is 0 Å². The van der Waals surface area contributed by atoms with Crippen LogP contribution in [0.25, 0.3) is 0 Å². The normalized spacial score (nSPS) is 10.0. The van der Waals surface area contributed by atoms with Gasteiger partial charge >= 0.3 is 0 Å². The number of aliphatic hydroxyl groups is 1. The summed E-state index contributed by atoms with van der Waals surface area (Å²) in [6.07, 6.45) is 9.16. The first-order valence-corrected chi connectivity index (χ1v) is 11.7. The third-order valence-corrected chi connectivity index (χ3v) is 3.54. The summed E-state index contributed by atoms with van der Waals surface area (Å²) in [7, 11) is 0. The monoisotopic (exact) mass is 423 g/mol. The van der Waals surface area contributed by atoms with Crippen molar-refractivity contribution in [1.29, 1.82) is 0 Å².